The average Bonchev–Trinajstić information content (AvgIpc) is 2.53. The number of rotatable bonds is 4. The minimum Gasteiger partial charge on any atom is -0.373 e. The lowest BCUT2D eigenvalue weighted by Crippen LogP contribution is -2.22. The van der Waals surface area contributed by atoms with Gasteiger partial charge in [-0.2, -0.15) is 0 Å². The van der Waals surface area contributed by atoms with Crippen molar-refractivity contribution in [1.29, 1.82) is 0 Å². The van der Waals surface area contributed by atoms with E-state index in [1.807, 2.05) is 18.2 Å². The van der Waals surface area contributed by atoms with Gasteiger partial charge in [-0.15, -0.1) is 0 Å². The summed E-state index contributed by atoms with van der Waals surface area (Å²) in [6.45, 7) is 2.84. The molecular weight excluding hydrogens is 282 g/mol. The largest absolute Gasteiger partial charge is 0.373 e. The van der Waals surface area contributed by atoms with Gasteiger partial charge in [-0.1, -0.05) is 56.0 Å². The summed E-state index contributed by atoms with van der Waals surface area (Å²) in [5.41, 5.74) is 1.93. The molecule has 0 saturated heterocycles. The molecule has 1 fully saturated rings. The van der Waals surface area contributed by atoms with Crippen molar-refractivity contribution in [2.45, 2.75) is 51.7 Å². The van der Waals surface area contributed by atoms with Crippen LogP contribution in [0.5, 0.6) is 0 Å². The van der Waals surface area contributed by atoms with Crippen molar-refractivity contribution in [3.8, 4) is 0 Å². The van der Waals surface area contributed by atoms with Crippen LogP contribution in [-0.2, 0) is 11.3 Å². The summed E-state index contributed by atoms with van der Waals surface area (Å²) in [6, 6.07) is 10.2. The smallest absolute Gasteiger partial charge is 0.135 e. The third kappa shape index (κ3) is 3.56. The third-order valence-corrected chi connectivity index (χ3v) is 4.86. The standard InChI is InChI=1S/C18H22ClNO/c1-2-13-6-5-8-16(10-13)21-12-15-11-14-7-3-4-9-17(14)20-18(15)19/h3-4,7,9,11,13,16H,2,5-6,8,10,12H2,1H3. The Bertz CT molecular complexity index is 613. The summed E-state index contributed by atoms with van der Waals surface area (Å²) < 4.78 is 6.11. The van der Waals surface area contributed by atoms with Crippen LogP contribution in [0.3, 0.4) is 0 Å². The van der Waals surface area contributed by atoms with Crippen molar-refractivity contribution in [1.82, 2.24) is 4.98 Å². The molecule has 2 atom stereocenters. The van der Waals surface area contributed by atoms with E-state index >= 15 is 0 Å². The number of hydrogen-bond acceptors (Lipinski definition) is 2. The molecule has 21 heavy (non-hydrogen) atoms. The molecule has 2 unspecified atom stereocenters. The number of fused-ring (bicyclic) bond motifs is 1. The summed E-state index contributed by atoms with van der Waals surface area (Å²) in [5.74, 6) is 0.828. The predicted octanol–water partition coefficient (Wildman–Crippen LogP) is 5.37. The molecule has 1 aromatic heterocycles. The highest BCUT2D eigenvalue weighted by molar-refractivity contribution is 6.30. The van der Waals surface area contributed by atoms with Gasteiger partial charge in [-0.3, -0.25) is 0 Å². The number of pyridine rings is 1. The SMILES string of the molecule is CCC1CCCC(OCc2cc3ccccc3nc2Cl)C1. The van der Waals surface area contributed by atoms with Crippen LogP contribution in [0.25, 0.3) is 10.9 Å². The normalized spacial score (nSPS) is 22.6. The number of benzene rings is 1. The molecular formula is C18H22ClNO. The Labute approximate surface area is 131 Å². The molecule has 1 heterocycles. The van der Waals surface area contributed by atoms with Gasteiger partial charge < -0.3 is 4.74 Å². The first kappa shape index (κ1) is 14.8. The summed E-state index contributed by atoms with van der Waals surface area (Å²) >= 11 is 6.29. The molecule has 3 heteroatoms. The van der Waals surface area contributed by atoms with Crippen LogP contribution in [0.2, 0.25) is 5.15 Å². The summed E-state index contributed by atoms with van der Waals surface area (Å²) in [6.07, 6.45) is 6.65. The molecule has 0 bridgehead atoms. The van der Waals surface area contributed by atoms with Crippen LogP contribution in [0.15, 0.2) is 30.3 Å². The lowest BCUT2D eigenvalue weighted by Gasteiger charge is -2.28. The second kappa shape index (κ2) is 6.76. The Morgan fingerprint density at radius 1 is 1.29 bits per heavy atom. The van der Waals surface area contributed by atoms with E-state index in [2.05, 4.69) is 24.0 Å². The van der Waals surface area contributed by atoms with Gasteiger partial charge in [-0.25, -0.2) is 4.98 Å². The fraction of sp³-hybridized carbons (Fsp3) is 0.500. The average molecular weight is 304 g/mol. The van der Waals surface area contributed by atoms with Gasteiger partial charge in [0.2, 0.25) is 0 Å². The van der Waals surface area contributed by atoms with Gasteiger partial charge in [0, 0.05) is 10.9 Å². The first-order chi connectivity index (χ1) is 10.3. The second-order valence-corrected chi connectivity index (χ2v) is 6.36. The Kier molecular flexibility index (Phi) is 4.77. The van der Waals surface area contributed by atoms with Gasteiger partial charge in [0.15, 0.2) is 0 Å². The maximum Gasteiger partial charge on any atom is 0.135 e. The van der Waals surface area contributed by atoms with Crippen molar-refractivity contribution in [3.05, 3.63) is 41.0 Å². The third-order valence-electron chi connectivity index (χ3n) is 4.54. The van der Waals surface area contributed by atoms with Crippen LogP contribution in [-0.4, -0.2) is 11.1 Å². The van der Waals surface area contributed by atoms with E-state index in [9.17, 15) is 0 Å². The number of ether oxygens (including phenoxy) is 1. The molecule has 0 amide bonds. The van der Waals surface area contributed by atoms with Crippen LogP contribution >= 0.6 is 11.6 Å². The molecule has 0 aliphatic heterocycles. The second-order valence-electron chi connectivity index (χ2n) is 6.00. The van der Waals surface area contributed by atoms with Crippen LogP contribution in [0.4, 0.5) is 0 Å². The van der Waals surface area contributed by atoms with Crippen molar-refractivity contribution >= 4 is 22.5 Å². The Balaban J connectivity index is 1.68. The van der Waals surface area contributed by atoms with Gasteiger partial charge in [0.25, 0.3) is 0 Å². The topological polar surface area (TPSA) is 22.1 Å². The first-order valence-corrected chi connectivity index (χ1v) is 8.30. The summed E-state index contributed by atoms with van der Waals surface area (Å²) in [5, 5.41) is 1.69. The van der Waals surface area contributed by atoms with E-state index in [4.69, 9.17) is 16.3 Å². The number of halogens is 1. The van der Waals surface area contributed by atoms with Gasteiger partial charge in [0.1, 0.15) is 5.15 Å². The van der Waals surface area contributed by atoms with Crippen molar-refractivity contribution in [2.75, 3.05) is 0 Å². The summed E-state index contributed by atoms with van der Waals surface area (Å²) in [4.78, 5) is 4.46. The molecule has 1 saturated carbocycles. The van der Waals surface area contributed by atoms with E-state index in [-0.39, 0.29) is 0 Å². The zero-order valence-electron chi connectivity index (χ0n) is 12.5. The molecule has 3 rings (SSSR count). The molecule has 1 aromatic carbocycles. The molecule has 2 nitrogen and oxygen atoms in total. The highest BCUT2D eigenvalue weighted by Crippen LogP contribution is 2.29. The quantitative estimate of drug-likeness (QED) is 0.708. The molecule has 1 aliphatic rings. The molecule has 112 valence electrons. The zero-order valence-corrected chi connectivity index (χ0v) is 13.3. The van der Waals surface area contributed by atoms with Gasteiger partial charge in [-0.05, 0) is 30.9 Å². The Morgan fingerprint density at radius 3 is 3.00 bits per heavy atom. The molecule has 0 radical (unpaired) electrons. The van der Waals surface area contributed by atoms with Crippen LogP contribution in [0.1, 0.15) is 44.6 Å². The van der Waals surface area contributed by atoms with Crippen LogP contribution in [0, 0.1) is 5.92 Å². The molecule has 0 spiro atoms. The molecule has 2 aromatic rings. The summed E-state index contributed by atoms with van der Waals surface area (Å²) in [7, 11) is 0. The Morgan fingerprint density at radius 2 is 2.14 bits per heavy atom. The highest BCUT2D eigenvalue weighted by Gasteiger charge is 2.21. The van der Waals surface area contributed by atoms with E-state index in [1.165, 1.54) is 32.1 Å². The molecule has 0 N–H and O–H groups in total. The number of hydrogen-bond donors (Lipinski definition) is 0. The lowest BCUT2D eigenvalue weighted by molar-refractivity contribution is 0.00175. The number of para-hydroxylation sites is 1. The fourth-order valence-corrected chi connectivity index (χ4v) is 3.41. The van der Waals surface area contributed by atoms with E-state index in [0.717, 1.165) is 22.4 Å². The minimum atomic E-state index is 0.381. The number of aromatic nitrogens is 1. The number of nitrogens with zero attached hydrogens (tertiary/aromatic N) is 1. The monoisotopic (exact) mass is 303 g/mol. The predicted molar refractivity (Wildman–Crippen MR) is 87.6 cm³/mol. The molecule has 1 aliphatic carbocycles. The van der Waals surface area contributed by atoms with Gasteiger partial charge >= 0.3 is 0 Å². The fourth-order valence-electron chi connectivity index (χ4n) is 3.21. The first-order valence-electron chi connectivity index (χ1n) is 7.92. The van der Waals surface area contributed by atoms with Gasteiger partial charge in [0.05, 0.1) is 18.2 Å². The van der Waals surface area contributed by atoms with Crippen molar-refractivity contribution in [3.63, 3.8) is 0 Å². The zero-order chi connectivity index (χ0) is 14.7. The van der Waals surface area contributed by atoms with Crippen molar-refractivity contribution in [2.24, 2.45) is 5.92 Å². The highest BCUT2D eigenvalue weighted by atomic mass is 35.5. The van der Waals surface area contributed by atoms with Crippen LogP contribution < -0.4 is 0 Å². The minimum absolute atomic E-state index is 0.381. The lowest BCUT2D eigenvalue weighted by atomic mass is 9.85. The van der Waals surface area contributed by atoms with Crippen molar-refractivity contribution < 1.29 is 4.74 Å². The van der Waals surface area contributed by atoms with E-state index < -0.39 is 0 Å². The van der Waals surface area contributed by atoms with E-state index in [0.29, 0.717) is 17.9 Å². The maximum absolute atomic E-state index is 6.29. The van der Waals surface area contributed by atoms with E-state index in [1.54, 1.807) is 0 Å². The Hall–Kier alpha value is -1.12. The maximum atomic E-state index is 6.29.